The lowest BCUT2D eigenvalue weighted by Gasteiger charge is -1.98. The van der Waals surface area contributed by atoms with Crippen LogP contribution < -0.4 is 5.32 Å². The molecule has 0 radical (unpaired) electrons. The van der Waals surface area contributed by atoms with Crippen LogP contribution in [0.25, 0.3) is 11.3 Å². The van der Waals surface area contributed by atoms with Crippen LogP contribution in [0.4, 0.5) is 10.1 Å². The van der Waals surface area contributed by atoms with Gasteiger partial charge in [-0.2, -0.15) is 0 Å². The SMILES string of the molecule is O=C(Nc1nc(-c2ccc(I)cc2)cs1)c1ccc([N+](=O)[O-])s1. The van der Waals surface area contributed by atoms with Crippen LogP contribution in [-0.2, 0) is 0 Å². The summed E-state index contributed by atoms with van der Waals surface area (Å²) in [6.07, 6.45) is 0. The molecule has 0 saturated heterocycles. The van der Waals surface area contributed by atoms with Crippen molar-refractivity contribution >= 4 is 61.3 Å². The number of benzene rings is 1. The standard InChI is InChI=1S/C14H8IN3O3S2/c15-9-3-1-8(2-4-9)10-7-22-14(16-10)17-13(19)11-5-6-12(23-11)18(20)21/h1-7H,(H,16,17,19). The minimum Gasteiger partial charge on any atom is -0.297 e. The largest absolute Gasteiger partial charge is 0.324 e. The first-order chi connectivity index (χ1) is 11.0. The number of halogens is 1. The molecule has 0 saturated carbocycles. The van der Waals surface area contributed by atoms with Gasteiger partial charge in [-0.05, 0) is 40.8 Å². The van der Waals surface area contributed by atoms with Crippen LogP contribution in [0.1, 0.15) is 9.67 Å². The molecule has 0 fully saturated rings. The molecule has 3 aromatic rings. The summed E-state index contributed by atoms with van der Waals surface area (Å²) >= 11 is 4.38. The number of thiophene rings is 1. The molecule has 0 bridgehead atoms. The number of anilines is 1. The van der Waals surface area contributed by atoms with E-state index < -0.39 is 10.8 Å². The van der Waals surface area contributed by atoms with E-state index in [1.807, 2.05) is 29.6 Å². The fraction of sp³-hybridized carbons (Fsp3) is 0. The van der Waals surface area contributed by atoms with E-state index in [1.54, 1.807) is 0 Å². The maximum Gasteiger partial charge on any atom is 0.324 e. The van der Waals surface area contributed by atoms with E-state index in [0.29, 0.717) is 5.13 Å². The van der Waals surface area contributed by atoms with Crippen molar-refractivity contribution in [1.82, 2.24) is 4.98 Å². The van der Waals surface area contributed by atoms with E-state index in [4.69, 9.17) is 0 Å². The van der Waals surface area contributed by atoms with Crippen LogP contribution in [0.5, 0.6) is 0 Å². The zero-order valence-electron chi connectivity index (χ0n) is 11.4. The van der Waals surface area contributed by atoms with Crippen LogP contribution in [-0.4, -0.2) is 15.8 Å². The van der Waals surface area contributed by atoms with Gasteiger partial charge in [0.05, 0.1) is 15.5 Å². The van der Waals surface area contributed by atoms with Crippen LogP contribution in [0.3, 0.4) is 0 Å². The van der Waals surface area contributed by atoms with Gasteiger partial charge in [-0.1, -0.05) is 23.5 Å². The highest BCUT2D eigenvalue weighted by molar-refractivity contribution is 14.1. The Labute approximate surface area is 152 Å². The second kappa shape index (κ2) is 6.72. The molecular formula is C14H8IN3O3S2. The molecule has 2 heterocycles. The zero-order chi connectivity index (χ0) is 16.4. The molecule has 0 spiro atoms. The fourth-order valence-corrected chi connectivity index (χ4v) is 3.58. The van der Waals surface area contributed by atoms with E-state index in [0.717, 1.165) is 26.2 Å². The molecule has 23 heavy (non-hydrogen) atoms. The number of hydrogen-bond donors (Lipinski definition) is 1. The molecule has 0 unspecified atom stereocenters. The third kappa shape index (κ3) is 3.74. The van der Waals surface area contributed by atoms with Crippen LogP contribution >= 0.6 is 45.3 Å². The number of carbonyl (C=O) groups excluding carboxylic acids is 1. The second-order valence-electron chi connectivity index (χ2n) is 4.39. The van der Waals surface area contributed by atoms with E-state index in [1.165, 1.54) is 23.5 Å². The molecule has 0 atom stereocenters. The zero-order valence-corrected chi connectivity index (χ0v) is 15.1. The number of thiazole rings is 1. The molecular weight excluding hydrogens is 449 g/mol. The summed E-state index contributed by atoms with van der Waals surface area (Å²) in [7, 11) is 0. The van der Waals surface area contributed by atoms with Gasteiger partial charge in [0.15, 0.2) is 5.13 Å². The van der Waals surface area contributed by atoms with Gasteiger partial charge in [0, 0.05) is 20.6 Å². The molecule has 0 aliphatic carbocycles. The topological polar surface area (TPSA) is 85.1 Å². The lowest BCUT2D eigenvalue weighted by molar-refractivity contribution is -0.380. The Morgan fingerprint density at radius 1 is 1.22 bits per heavy atom. The van der Waals surface area contributed by atoms with Crippen molar-refractivity contribution in [3.8, 4) is 11.3 Å². The number of nitrogens with one attached hydrogen (secondary N) is 1. The highest BCUT2D eigenvalue weighted by Gasteiger charge is 2.16. The lowest BCUT2D eigenvalue weighted by Crippen LogP contribution is -2.09. The number of rotatable bonds is 4. The van der Waals surface area contributed by atoms with Gasteiger partial charge in [-0.25, -0.2) is 4.98 Å². The average molecular weight is 457 g/mol. The summed E-state index contributed by atoms with van der Waals surface area (Å²) in [5.41, 5.74) is 1.74. The van der Waals surface area contributed by atoms with Crippen molar-refractivity contribution in [2.75, 3.05) is 5.32 Å². The van der Waals surface area contributed by atoms with Crippen molar-refractivity contribution < 1.29 is 9.72 Å². The van der Waals surface area contributed by atoms with E-state index in [-0.39, 0.29) is 9.88 Å². The third-order valence-corrected chi connectivity index (χ3v) is 5.37. The monoisotopic (exact) mass is 457 g/mol. The highest BCUT2D eigenvalue weighted by Crippen LogP contribution is 2.28. The minimum atomic E-state index is -0.514. The maximum atomic E-state index is 12.1. The molecule has 6 nitrogen and oxygen atoms in total. The Balaban J connectivity index is 1.74. The van der Waals surface area contributed by atoms with E-state index in [9.17, 15) is 14.9 Å². The molecule has 9 heteroatoms. The van der Waals surface area contributed by atoms with Crippen molar-refractivity contribution in [1.29, 1.82) is 0 Å². The third-order valence-electron chi connectivity index (χ3n) is 2.86. The first-order valence-corrected chi connectivity index (χ1v) is 9.07. The average Bonchev–Trinajstić information content (AvgIpc) is 3.17. The van der Waals surface area contributed by atoms with Gasteiger partial charge in [0.25, 0.3) is 5.91 Å². The van der Waals surface area contributed by atoms with Crippen LogP contribution in [0.15, 0.2) is 41.8 Å². The Hall–Kier alpha value is -1.85. The lowest BCUT2D eigenvalue weighted by atomic mass is 10.2. The molecule has 116 valence electrons. The summed E-state index contributed by atoms with van der Waals surface area (Å²) in [5, 5.41) is 15.6. The number of carbonyl (C=O) groups is 1. The number of amides is 1. The molecule has 2 aromatic heterocycles. The number of nitrogens with zero attached hydrogens (tertiary/aromatic N) is 2. The number of nitro groups is 1. The summed E-state index contributed by atoms with van der Waals surface area (Å²) < 4.78 is 1.13. The van der Waals surface area contributed by atoms with E-state index in [2.05, 4.69) is 32.9 Å². The van der Waals surface area contributed by atoms with Crippen molar-refractivity contribution in [3.63, 3.8) is 0 Å². The minimum absolute atomic E-state index is 0.0612. The molecule has 1 amide bonds. The molecule has 0 aliphatic rings. The fourth-order valence-electron chi connectivity index (χ4n) is 1.79. The van der Waals surface area contributed by atoms with Crippen molar-refractivity contribution in [2.24, 2.45) is 0 Å². The summed E-state index contributed by atoms with van der Waals surface area (Å²) in [5.74, 6) is -0.397. The van der Waals surface area contributed by atoms with E-state index >= 15 is 0 Å². The van der Waals surface area contributed by atoms with Crippen LogP contribution in [0, 0.1) is 13.7 Å². The van der Waals surface area contributed by atoms with Gasteiger partial charge >= 0.3 is 5.00 Å². The second-order valence-corrected chi connectivity index (χ2v) is 7.56. The number of hydrogen-bond acceptors (Lipinski definition) is 6. The Kier molecular flexibility index (Phi) is 4.68. The molecule has 3 rings (SSSR count). The van der Waals surface area contributed by atoms with Crippen molar-refractivity contribution in [2.45, 2.75) is 0 Å². The maximum absolute atomic E-state index is 12.1. The Bertz CT molecular complexity index is 874. The molecule has 1 N–H and O–H groups in total. The van der Waals surface area contributed by atoms with Gasteiger partial charge in [0.1, 0.15) is 0 Å². The Morgan fingerprint density at radius 2 is 1.96 bits per heavy atom. The summed E-state index contributed by atoms with van der Waals surface area (Å²) in [6, 6.07) is 10.6. The first kappa shape index (κ1) is 16.0. The summed E-state index contributed by atoms with van der Waals surface area (Å²) in [4.78, 5) is 26.9. The van der Waals surface area contributed by atoms with Gasteiger partial charge in [-0.15, -0.1) is 11.3 Å². The van der Waals surface area contributed by atoms with Gasteiger partial charge in [0.2, 0.25) is 0 Å². The summed E-state index contributed by atoms with van der Waals surface area (Å²) in [6.45, 7) is 0. The predicted octanol–water partition coefficient (Wildman–Crippen LogP) is 4.64. The first-order valence-electron chi connectivity index (χ1n) is 6.30. The quantitative estimate of drug-likeness (QED) is 0.352. The number of aromatic nitrogens is 1. The predicted molar refractivity (Wildman–Crippen MR) is 99.2 cm³/mol. The highest BCUT2D eigenvalue weighted by atomic mass is 127. The molecule has 1 aromatic carbocycles. The van der Waals surface area contributed by atoms with Gasteiger partial charge < -0.3 is 0 Å². The smallest absolute Gasteiger partial charge is 0.297 e. The Morgan fingerprint density at radius 3 is 2.61 bits per heavy atom. The molecule has 0 aliphatic heterocycles. The van der Waals surface area contributed by atoms with Crippen molar-refractivity contribution in [3.05, 3.63) is 60.3 Å². The normalized spacial score (nSPS) is 10.5. The van der Waals surface area contributed by atoms with Gasteiger partial charge in [-0.3, -0.25) is 20.2 Å². The van der Waals surface area contributed by atoms with Crippen LogP contribution in [0.2, 0.25) is 0 Å².